The smallest absolute Gasteiger partial charge is 0.261 e. The maximum Gasteiger partial charge on any atom is 0.261 e. The summed E-state index contributed by atoms with van der Waals surface area (Å²) in [6.07, 6.45) is 3.36. The number of methoxy groups -OCH3 is 1. The monoisotopic (exact) mass is 358 g/mol. The van der Waals surface area contributed by atoms with Crippen LogP contribution >= 0.6 is 0 Å². The van der Waals surface area contributed by atoms with E-state index >= 15 is 0 Å². The van der Waals surface area contributed by atoms with Gasteiger partial charge >= 0.3 is 0 Å². The van der Waals surface area contributed by atoms with Gasteiger partial charge in [0.1, 0.15) is 6.54 Å². The van der Waals surface area contributed by atoms with E-state index in [0.29, 0.717) is 24.1 Å². The standard InChI is InChI=1S/C19H26N4O3/c1-14-4-3-5-15-17(14)22-13-23(18(15)25)10-16(24)21-11-19(12-26-2)6-8-20-9-7-19/h3-5,13,20H,6-12H2,1-2H3,(H,21,24). The lowest BCUT2D eigenvalue weighted by molar-refractivity contribution is -0.122. The van der Waals surface area contributed by atoms with Gasteiger partial charge in [-0.2, -0.15) is 0 Å². The molecule has 0 bridgehead atoms. The highest BCUT2D eigenvalue weighted by Crippen LogP contribution is 2.28. The van der Waals surface area contributed by atoms with E-state index in [0.717, 1.165) is 31.5 Å². The lowest BCUT2D eigenvalue weighted by atomic mass is 9.79. The van der Waals surface area contributed by atoms with E-state index in [1.54, 1.807) is 13.2 Å². The van der Waals surface area contributed by atoms with Gasteiger partial charge in [-0.05, 0) is 44.5 Å². The van der Waals surface area contributed by atoms with Crippen molar-refractivity contribution in [2.24, 2.45) is 5.41 Å². The first-order chi connectivity index (χ1) is 12.5. The number of piperidine rings is 1. The van der Waals surface area contributed by atoms with Crippen LogP contribution in [0.1, 0.15) is 18.4 Å². The summed E-state index contributed by atoms with van der Waals surface area (Å²) in [5.41, 5.74) is 1.40. The van der Waals surface area contributed by atoms with E-state index in [1.165, 1.54) is 10.9 Å². The van der Waals surface area contributed by atoms with Crippen molar-refractivity contribution < 1.29 is 9.53 Å². The topological polar surface area (TPSA) is 85.2 Å². The summed E-state index contributed by atoms with van der Waals surface area (Å²) in [4.78, 5) is 29.3. The second-order valence-electron chi connectivity index (χ2n) is 7.11. The molecule has 1 amide bonds. The number of hydrogen-bond donors (Lipinski definition) is 2. The first-order valence-electron chi connectivity index (χ1n) is 8.96. The van der Waals surface area contributed by atoms with Crippen LogP contribution in [0.4, 0.5) is 0 Å². The van der Waals surface area contributed by atoms with E-state index < -0.39 is 0 Å². The molecule has 0 aliphatic carbocycles. The Bertz CT molecular complexity index is 835. The molecule has 2 N–H and O–H groups in total. The van der Waals surface area contributed by atoms with Crippen LogP contribution in [0.25, 0.3) is 10.9 Å². The third-order valence-electron chi connectivity index (χ3n) is 5.14. The van der Waals surface area contributed by atoms with Gasteiger partial charge < -0.3 is 15.4 Å². The molecule has 1 aromatic carbocycles. The zero-order valence-electron chi connectivity index (χ0n) is 15.4. The third kappa shape index (κ3) is 3.94. The molecule has 1 fully saturated rings. The van der Waals surface area contributed by atoms with Crippen molar-refractivity contribution in [3.8, 4) is 0 Å². The van der Waals surface area contributed by atoms with Crippen LogP contribution in [0.15, 0.2) is 29.3 Å². The van der Waals surface area contributed by atoms with Crippen molar-refractivity contribution in [3.05, 3.63) is 40.4 Å². The van der Waals surface area contributed by atoms with E-state index in [4.69, 9.17) is 4.74 Å². The highest BCUT2D eigenvalue weighted by Gasteiger charge is 2.32. The van der Waals surface area contributed by atoms with E-state index in [9.17, 15) is 9.59 Å². The summed E-state index contributed by atoms with van der Waals surface area (Å²) < 4.78 is 6.73. The van der Waals surface area contributed by atoms with Crippen LogP contribution < -0.4 is 16.2 Å². The number of amides is 1. The van der Waals surface area contributed by atoms with Gasteiger partial charge in [0.2, 0.25) is 5.91 Å². The Morgan fingerprint density at radius 3 is 2.88 bits per heavy atom. The normalized spacial score (nSPS) is 16.5. The highest BCUT2D eigenvalue weighted by molar-refractivity contribution is 5.81. The van der Waals surface area contributed by atoms with Gasteiger partial charge in [0, 0.05) is 19.1 Å². The molecule has 2 heterocycles. The zero-order valence-corrected chi connectivity index (χ0v) is 15.4. The fourth-order valence-electron chi connectivity index (χ4n) is 3.58. The van der Waals surface area contributed by atoms with Crippen molar-refractivity contribution in [2.45, 2.75) is 26.3 Å². The Morgan fingerprint density at radius 1 is 1.38 bits per heavy atom. The molecule has 0 radical (unpaired) electrons. The zero-order chi connectivity index (χ0) is 18.6. The predicted molar refractivity (Wildman–Crippen MR) is 100 cm³/mol. The second-order valence-corrected chi connectivity index (χ2v) is 7.11. The maximum atomic E-state index is 12.6. The SMILES string of the molecule is COCC1(CNC(=O)Cn2cnc3c(C)cccc3c2=O)CCNCC1. The maximum absolute atomic E-state index is 12.6. The van der Waals surface area contributed by atoms with Gasteiger partial charge in [0.15, 0.2) is 0 Å². The Hall–Kier alpha value is -2.25. The molecule has 2 aromatic rings. The quantitative estimate of drug-likeness (QED) is 0.799. The minimum Gasteiger partial charge on any atom is -0.384 e. The number of carbonyl (C=O) groups excluding carboxylic acids is 1. The average Bonchev–Trinajstić information content (AvgIpc) is 2.64. The Balaban J connectivity index is 1.69. The summed E-state index contributed by atoms with van der Waals surface area (Å²) in [7, 11) is 1.69. The van der Waals surface area contributed by atoms with Crippen LogP contribution in [0, 0.1) is 12.3 Å². The number of aromatic nitrogens is 2. The molecule has 0 saturated carbocycles. The lowest BCUT2D eigenvalue weighted by Crippen LogP contribution is -2.48. The fraction of sp³-hybridized carbons (Fsp3) is 0.526. The van der Waals surface area contributed by atoms with Gasteiger partial charge in [0.25, 0.3) is 5.56 Å². The first-order valence-corrected chi connectivity index (χ1v) is 8.96. The third-order valence-corrected chi connectivity index (χ3v) is 5.14. The van der Waals surface area contributed by atoms with Crippen molar-refractivity contribution >= 4 is 16.8 Å². The summed E-state index contributed by atoms with van der Waals surface area (Å²) in [5.74, 6) is -0.185. The molecule has 1 saturated heterocycles. The largest absolute Gasteiger partial charge is 0.384 e. The van der Waals surface area contributed by atoms with Gasteiger partial charge in [-0.15, -0.1) is 0 Å². The first kappa shape index (κ1) is 18.5. The number of rotatable bonds is 6. The summed E-state index contributed by atoms with van der Waals surface area (Å²) in [5, 5.41) is 6.85. The molecule has 26 heavy (non-hydrogen) atoms. The minimum absolute atomic E-state index is 0.0307. The summed E-state index contributed by atoms with van der Waals surface area (Å²) in [6.45, 7) is 4.90. The van der Waals surface area contributed by atoms with Crippen molar-refractivity contribution in [1.82, 2.24) is 20.2 Å². The number of benzene rings is 1. The van der Waals surface area contributed by atoms with Crippen LogP contribution in [-0.4, -0.2) is 48.8 Å². The second kappa shape index (κ2) is 7.97. The molecule has 140 valence electrons. The molecule has 1 aromatic heterocycles. The molecule has 0 unspecified atom stereocenters. The molecule has 3 rings (SSSR count). The number of aryl methyl sites for hydroxylation is 1. The minimum atomic E-state index is -0.192. The Labute approximate surface area is 152 Å². The molecular weight excluding hydrogens is 332 g/mol. The van der Waals surface area contributed by atoms with Crippen LogP contribution in [0.3, 0.4) is 0 Å². The van der Waals surface area contributed by atoms with E-state index in [1.807, 2.05) is 19.1 Å². The number of nitrogens with one attached hydrogen (secondary N) is 2. The Morgan fingerprint density at radius 2 is 2.15 bits per heavy atom. The summed E-state index contributed by atoms with van der Waals surface area (Å²) in [6, 6.07) is 5.49. The number of fused-ring (bicyclic) bond motifs is 1. The van der Waals surface area contributed by atoms with Gasteiger partial charge in [-0.3, -0.25) is 14.2 Å². The van der Waals surface area contributed by atoms with Crippen LogP contribution in [0.2, 0.25) is 0 Å². The lowest BCUT2D eigenvalue weighted by Gasteiger charge is -2.37. The van der Waals surface area contributed by atoms with E-state index in [-0.39, 0.29) is 23.4 Å². The van der Waals surface area contributed by atoms with Gasteiger partial charge in [0.05, 0.1) is 23.8 Å². The Kier molecular flexibility index (Phi) is 5.68. The molecule has 0 spiro atoms. The van der Waals surface area contributed by atoms with E-state index in [2.05, 4.69) is 15.6 Å². The fourth-order valence-corrected chi connectivity index (χ4v) is 3.58. The number of carbonyl (C=O) groups is 1. The van der Waals surface area contributed by atoms with Crippen molar-refractivity contribution in [3.63, 3.8) is 0 Å². The molecule has 7 heteroatoms. The molecule has 1 aliphatic rings. The van der Waals surface area contributed by atoms with Gasteiger partial charge in [-0.1, -0.05) is 12.1 Å². The van der Waals surface area contributed by atoms with Crippen LogP contribution in [0.5, 0.6) is 0 Å². The molecule has 0 atom stereocenters. The average molecular weight is 358 g/mol. The number of nitrogens with zero attached hydrogens (tertiary/aromatic N) is 2. The predicted octanol–water partition coefficient (Wildman–Crippen LogP) is 0.837. The highest BCUT2D eigenvalue weighted by atomic mass is 16.5. The number of ether oxygens (including phenoxy) is 1. The molecule has 1 aliphatic heterocycles. The molecule has 7 nitrogen and oxygen atoms in total. The van der Waals surface area contributed by atoms with Crippen molar-refractivity contribution in [1.29, 1.82) is 0 Å². The van der Waals surface area contributed by atoms with Crippen molar-refractivity contribution in [2.75, 3.05) is 33.4 Å². The number of hydrogen-bond acceptors (Lipinski definition) is 5. The summed E-state index contributed by atoms with van der Waals surface area (Å²) >= 11 is 0. The van der Waals surface area contributed by atoms with Crippen LogP contribution in [-0.2, 0) is 16.1 Å². The molecular formula is C19H26N4O3. The number of para-hydroxylation sites is 1. The van der Waals surface area contributed by atoms with Gasteiger partial charge in [-0.25, -0.2) is 4.98 Å².